The van der Waals surface area contributed by atoms with Crippen molar-refractivity contribution in [3.05, 3.63) is 30.1 Å². The molecule has 0 aliphatic rings. The van der Waals surface area contributed by atoms with Gasteiger partial charge in [-0.25, -0.2) is 17.5 Å². The number of aliphatic hydroxyl groups is 1. The first kappa shape index (κ1) is 14.1. The van der Waals surface area contributed by atoms with Crippen molar-refractivity contribution in [1.82, 2.24) is 4.72 Å². The molecule has 1 unspecified atom stereocenters. The van der Waals surface area contributed by atoms with Crippen molar-refractivity contribution >= 4 is 10.0 Å². The first-order valence-electron chi connectivity index (χ1n) is 5.36. The zero-order valence-corrected chi connectivity index (χ0v) is 10.4. The van der Waals surface area contributed by atoms with E-state index in [1.54, 1.807) is 6.92 Å². The Labute approximate surface area is 101 Å². The topological polar surface area (TPSA) is 66.4 Å². The third kappa shape index (κ3) is 4.41. The second-order valence-corrected chi connectivity index (χ2v) is 5.55. The van der Waals surface area contributed by atoms with Crippen LogP contribution in [0.1, 0.15) is 19.8 Å². The minimum Gasteiger partial charge on any atom is -0.393 e. The number of benzene rings is 1. The van der Waals surface area contributed by atoms with Gasteiger partial charge in [0.1, 0.15) is 10.7 Å². The summed E-state index contributed by atoms with van der Waals surface area (Å²) in [7, 11) is -3.80. The third-order valence-electron chi connectivity index (χ3n) is 2.22. The molecule has 1 rings (SSSR count). The fourth-order valence-electron chi connectivity index (χ4n) is 1.34. The number of hydrogen-bond donors (Lipinski definition) is 2. The summed E-state index contributed by atoms with van der Waals surface area (Å²) in [5.74, 6) is -0.768. The first-order chi connectivity index (χ1) is 7.93. The summed E-state index contributed by atoms with van der Waals surface area (Å²) in [5.41, 5.74) is 0. The van der Waals surface area contributed by atoms with Crippen LogP contribution in [0.2, 0.25) is 0 Å². The number of aliphatic hydroxyl groups excluding tert-OH is 1. The van der Waals surface area contributed by atoms with Crippen LogP contribution >= 0.6 is 0 Å². The predicted molar refractivity (Wildman–Crippen MR) is 62.5 cm³/mol. The van der Waals surface area contributed by atoms with Gasteiger partial charge in [-0.1, -0.05) is 12.1 Å². The van der Waals surface area contributed by atoms with Gasteiger partial charge in [0.25, 0.3) is 0 Å². The van der Waals surface area contributed by atoms with Crippen LogP contribution in [-0.4, -0.2) is 26.2 Å². The molecule has 0 fully saturated rings. The normalized spacial score (nSPS) is 13.6. The van der Waals surface area contributed by atoms with Crippen LogP contribution in [0, 0.1) is 5.82 Å². The fraction of sp³-hybridized carbons (Fsp3) is 0.455. The Bertz CT molecular complexity index is 460. The van der Waals surface area contributed by atoms with E-state index in [-0.39, 0.29) is 11.4 Å². The maximum Gasteiger partial charge on any atom is 0.243 e. The van der Waals surface area contributed by atoms with Gasteiger partial charge in [0.15, 0.2) is 0 Å². The van der Waals surface area contributed by atoms with Gasteiger partial charge >= 0.3 is 0 Å². The molecule has 6 heteroatoms. The van der Waals surface area contributed by atoms with Crippen molar-refractivity contribution in [1.29, 1.82) is 0 Å². The summed E-state index contributed by atoms with van der Waals surface area (Å²) in [4.78, 5) is -0.350. The molecule has 2 N–H and O–H groups in total. The fourth-order valence-corrected chi connectivity index (χ4v) is 2.50. The lowest BCUT2D eigenvalue weighted by Gasteiger charge is -2.08. The number of sulfonamides is 1. The maximum atomic E-state index is 13.3. The molecule has 1 aromatic carbocycles. The standard InChI is InChI=1S/C11H16FNO3S/c1-9(14)5-4-8-13-17(15,16)11-7-3-2-6-10(11)12/h2-3,6-7,9,13-14H,4-5,8H2,1H3. The highest BCUT2D eigenvalue weighted by Crippen LogP contribution is 2.12. The molecule has 0 radical (unpaired) electrons. The van der Waals surface area contributed by atoms with Gasteiger partial charge in [0.2, 0.25) is 10.0 Å². The van der Waals surface area contributed by atoms with E-state index in [0.717, 1.165) is 6.07 Å². The van der Waals surface area contributed by atoms with Crippen molar-refractivity contribution in [3.63, 3.8) is 0 Å². The molecule has 0 bridgehead atoms. The molecule has 0 heterocycles. The van der Waals surface area contributed by atoms with Gasteiger partial charge in [-0.15, -0.1) is 0 Å². The zero-order valence-electron chi connectivity index (χ0n) is 9.56. The summed E-state index contributed by atoms with van der Waals surface area (Å²) < 4.78 is 38.9. The van der Waals surface area contributed by atoms with Crippen LogP contribution in [-0.2, 0) is 10.0 Å². The molecule has 1 aromatic rings. The van der Waals surface area contributed by atoms with Crippen LogP contribution in [0.3, 0.4) is 0 Å². The molecule has 0 saturated carbocycles. The van der Waals surface area contributed by atoms with Crippen LogP contribution in [0.5, 0.6) is 0 Å². The van der Waals surface area contributed by atoms with Crippen LogP contribution in [0.4, 0.5) is 4.39 Å². The molecule has 0 amide bonds. The van der Waals surface area contributed by atoms with Gasteiger partial charge in [-0.3, -0.25) is 0 Å². The number of hydrogen-bond acceptors (Lipinski definition) is 3. The van der Waals surface area contributed by atoms with Crippen LogP contribution < -0.4 is 4.72 Å². The summed E-state index contributed by atoms with van der Waals surface area (Å²) in [5, 5.41) is 9.01. The minimum absolute atomic E-state index is 0.182. The van der Waals surface area contributed by atoms with Crippen molar-refractivity contribution in [2.75, 3.05) is 6.54 Å². The summed E-state index contributed by atoms with van der Waals surface area (Å²) in [6.45, 7) is 1.81. The molecule has 0 aliphatic carbocycles. The Hall–Kier alpha value is -0.980. The highest BCUT2D eigenvalue weighted by molar-refractivity contribution is 7.89. The lowest BCUT2D eigenvalue weighted by molar-refractivity contribution is 0.182. The molecule has 0 aromatic heterocycles. The molecule has 1 atom stereocenters. The number of nitrogens with one attached hydrogen (secondary N) is 1. The van der Waals surface area contributed by atoms with E-state index in [4.69, 9.17) is 5.11 Å². The molecule has 4 nitrogen and oxygen atoms in total. The smallest absolute Gasteiger partial charge is 0.243 e. The minimum atomic E-state index is -3.80. The molecule has 96 valence electrons. The van der Waals surface area contributed by atoms with Crippen molar-refractivity contribution in [3.8, 4) is 0 Å². The Kier molecular flexibility index (Phi) is 5.04. The van der Waals surface area contributed by atoms with Crippen molar-refractivity contribution in [2.24, 2.45) is 0 Å². The molecular weight excluding hydrogens is 245 g/mol. The summed E-state index contributed by atoms with van der Waals surface area (Å²) in [6.07, 6.45) is 0.540. The summed E-state index contributed by atoms with van der Waals surface area (Å²) >= 11 is 0. The molecular formula is C11H16FNO3S. The SMILES string of the molecule is CC(O)CCCNS(=O)(=O)c1ccccc1F. The van der Waals surface area contributed by atoms with Crippen LogP contribution in [0.15, 0.2) is 29.2 Å². The monoisotopic (exact) mass is 261 g/mol. The molecule has 0 aliphatic heterocycles. The highest BCUT2D eigenvalue weighted by atomic mass is 32.2. The van der Waals surface area contributed by atoms with Gasteiger partial charge in [0.05, 0.1) is 6.10 Å². The maximum absolute atomic E-state index is 13.3. The van der Waals surface area contributed by atoms with Gasteiger partial charge < -0.3 is 5.11 Å². The van der Waals surface area contributed by atoms with E-state index < -0.39 is 21.9 Å². The van der Waals surface area contributed by atoms with E-state index in [0.29, 0.717) is 12.8 Å². The van der Waals surface area contributed by atoms with E-state index >= 15 is 0 Å². The van der Waals surface area contributed by atoms with Gasteiger partial charge in [0, 0.05) is 6.54 Å². The highest BCUT2D eigenvalue weighted by Gasteiger charge is 2.17. The Morgan fingerprint density at radius 1 is 1.41 bits per heavy atom. The van der Waals surface area contributed by atoms with E-state index in [1.807, 2.05) is 0 Å². The predicted octanol–water partition coefficient (Wildman–Crippen LogP) is 1.26. The van der Waals surface area contributed by atoms with Crippen molar-refractivity contribution in [2.45, 2.75) is 30.8 Å². The molecule has 17 heavy (non-hydrogen) atoms. The zero-order chi connectivity index (χ0) is 12.9. The summed E-state index contributed by atoms with van der Waals surface area (Å²) in [6, 6.07) is 5.21. The van der Waals surface area contributed by atoms with E-state index in [2.05, 4.69) is 4.72 Å². The van der Waals surface area contributed by atoms with Crippen molar-refractivity contribution < 1.29 is 17.9 Å². The largest absolute Gasteiger partial charge is 0.393 e. The lowest BCUT2D eigenvalue weighted by Crippen LogP contribution is -2.26. The molecule has 0 spiro atoms. The van der Waals surface area contributed by atoms with Gasteiger partial charge in [-0.05, 0) is 31.9 Å². The second kappa shape index (κ2) is 6.09. The number of halogens is 1. The van der Waals surface area contributed by atoms with Crippen LogP contribution in [0.25, 0.3) is 0 Å². The Morgan fingerprint density at radius 3 is 2.65 bits per heavy atom. The van der Waals surface area contributed by atoms with E-state index in [1.165, 1.54) is 18.2 Å². The second-order valence-electron chi connectivity index (χ2n) is 3.82. The third-order valence-corrected chi connectivity index (χ3v) is 3.71. The Morgan fingerprint density at radius 2 is 2.06 bits per heavy atom. The molecule has 0 saturated heterocycles. The Balaban J connectivity index is 2.61. The lowest BCUT2D eigenvalue weighted by atomic mass is 10.2. The van der Waals surface area contributed by atoms with E-state index in [9.17, 15) is 12.8 Å². The average molecular weight is 261 g/mol. The average Bonchev–Trinajstić information content (AvgIpc) is 2.24. The number of rotatable bonds is 6. The first-order valence-corrected chi connectivity index (χ1v) is 6.84. The van der Waals surface area contributed by atoms with Gasteiger partial charge in [-0.2, -0.15) is 0 Å². The quantitative estimate of drug-likeness (QED) is 0.758.